The average Bonchev–Trinajstić information content (AvgIpc) is 2.38. The minimum absolute atomic E-state index is 0. The van der Waals surface area contributed by atoms with Gasteiger partial charge in [0.15, 0.2) is 0 Å². The molecule has 0 aromatic rings. The molecule has 102 valence electrons. The molecule has 2 fully saturated rings. The Kier molecular flexibility index (Phi) is 7.39. The number of hydrogen-bond donors (Lipinski definition) is 1. The van der Waals surface area contributed by atoms with Gasteiger partial charge < -0.3 is 10.1 Å². The predicted molar refractivity (Wildman–Crippen MR) is 73.0 cm³/mol. The lowest BCUT2D eigenvalue weighted by Crippen LogP contribution is -2.53. The van der Waals surface area contributed by atoms with Gasteiger partial charge in [0.1, 0.15) is 0 Å². The zero-order chi connectivity index (χ0) is 11.2. The monoisotopic (exact) mass is 263 g/mol. The number of piperidine rings is 1. The van der Waals surface area contributed by atoms with E-state index in [9.17, 15) is 0 Å². The Morgan fingerprint density at radius 2 is 1.76 bits per heavy atom. The highest BCUT2D eigenvalue weighted by Crippen LogP contribution is 2.14. The maximum atomic E-state index is 5.12. The summed E-state index contributed by atoms with van der Waals surface area (Å²) >= 11 is 0. The Morgan fingerprint density at radius 3 is 2.35 bits per heavy atom. The summed E-state index contributed by atoms with van der Waals surface area (Å²) in [6.07, 6.45) is 2.66. The van der Waals surface area contributed by atoms with Crippen LogP contribution in [0.2, 0.25) is 0 Å². The van der Waals surface area contributed by atoms with E-state index in [2.05, 4.69) is 15.1 Å². The van der Waals surface area contributed by atoms with E-state index < -0.39 is 0 Å². The van der Waals surface area contributed by atoms with Crippen molar-refractivity contribution in [2.45, 2.75) is 18.9 Å². The molecule has 2 aliphatic rings. The zero-order valence-electron chi connectivity index (χ0n) is 10.9. The number of piperazine rings is 1. The van der Waals surface area contributed by atoms with Crippen molar-refractivity contribution in [2.24, 2.45) is 0 Å². The molecule has 0 amide bonds. The third kappa shape index (κ3) is 4.72. The lowest BCUT2D eigenvalue weighted by Gasteiger charge is -2.40. The largest absolute Gasteiger partial charge is 0.383 e. The van der Waals surface area contributed by atoms with Crippen LogP contribution in [-0.4, -0.2) is 75.4 Å². The maximum Gasteiger partial charge on any atom is 0.0589 e. The highest BCUT2D eigenvalue weighted by atomic mass is 35.5. The SMILES string of the molecule is COCCN1CCN(C2CCNCC2)CC1.Cl. The lowest BCUT2D eigenvalue weighted by molar-refractivity contribution is 0.0652. The molecule has 0 aliphatic carbocycles. The molecule has 2 rings (SSSR count). The van der Waals surface area contributed by atoms with Crippen LogP contribution in [0, 0.1) is 0 Å². The van der Waals surface area contributed by atoms with Gasteiger partial charge in [-0.05, 0) is 25.9 Å². The van der Waals surface area contributed by atoms with Gasteiger partial charge in [-0.25, -0.2) is 0 Å². The van der Waals surface area contributed by atoms with Crippen molar-refractivity contribution in [3.8, 4) is 0 Å². The first-order chi connectivity index (χ1) is 7.90. The van der Waals surface area contributed by atoms with Crippen LogP contribution in [0.1, 0.15) is 12.8 Å². The third-order valence-electron chi connectivity index (χ3n) is 3.84. The van der Waals surface area contributed by atoms with Gasteiger partial charge in [-0.3, -0.25) is 9.80 Å². The molecule has 5 heteroatoms. The molecule has 4 nitrogen and oxygen atoms in total. The van der Waals surface area contributed by atoms with Crippen LogP contribution in [-0.2, 0) is 4.74 Å². The lowest BCUT2D eigenvalue weighted by atomic mass is 10.0. The fraction of sp³-hybridized carbons (Fsp3) is 1.00. The Hall–Kier alpha value is 0.130. The van der Waals surface area contributed by atoms with Crippen molar-refractivity contribution in [1.29, 1.82) is 0 Å². The van der Waals surface area contributed by atoms with Crippen LogP contribution in [0.5, 0.6) is 0 Å². The number of rotatable bonds is 4. The van der Waals surface area contributed by atoms with Gasteiger partial charge in [0.25, 0.3) is 0 Å². The van der Waals surface area contributed by atoms with Crippen LogP contribution >= 0.6 is 12.4 Å². The van der Waals surface area contributed by atoms with Crippen LogP contribution in [0.4, 0.5) is 0 Å². The highest BCUT2D eigenvalue weighted by molar-refractivity contribution is 5.85. The van der Waals surface area contributed by atoms with Crippen LogP contribution in [0.25, 0.3) is 0 Å². The Bertz CT molecular complexity index is 192. The number of hydrogen-bond acceptors (Lipinski definition) is 4. The van der Waals surface area contributed by atoms with Crippen LogP contribution in [0.3, 0.4) is 0 Å². The fourth-order valence-corrected chi connectivity index (χ4v) is 2.74. The Morgan fingerprint density at radius 1 is 1.12 bits per heavy atom. The molecule has 2 aliphatic heterocycles. The second kappa shape index (κ2) is 8.27. The summed E-state index contributed by atoms with van der Waals surface area (Å²) < 4.78 is 5.12. The topological polar surface area (TPSA) is 27.7 Å². The van der Waals surface area contributed by atoms with Crippen molar-refractivity contribution in [3.05, 3.63) is 0 Å². The fourth-order valence-electron chi connectivity index (χ4n) is 2.74. The molecule has 0 radical (unpaired) electrons. The van der Waals surface area contributed by atoms with Gasteiger partial charge in [-0.2, -0.15) is 0 Å². The first-order valence-electron chi connectivity index (χ1n) is 6.56. The van der Waals surface area contributed by atoms with Crippen LogP contribution in [0.15, 0.2) is 0 Å². The molecule has 17 heavy (non-hydrogen) atoms. The van der Waals surface area contributed by atoms with Crippen molar-refractivity contribution >= 4 is 12.4 Å². The van der Waals surface area contributed by atoms with E-state index in [4.69, 9.17) is 4.74 Å². The smallest absolute Gasteiger partial charge is 0.0589 e. The predicted octanol–water partition coefficient (Wildman–Crippen LogP) is 0.424. The van der Waals surface area contributed by atoms with E-state index in [1.807, 2.05) is 0 Å². The first-order valence-corrected chi connectivity index (χ1v) is 6.56. The zero-order valence-corrected chi connectivity index (χ0v) is 11.7. The van der Waals surface area contributed by atoms with Crippen molar-refractivity contribution < 1.29 is 4.74 Å². The first kappa shape index (κ1) is 15.2. The van der Waals surface area contributed by atoms with Gasteiger partial charge in [0.05, 0.1) is 6.61 Å². The number of nitrogens with zero attached hydrogens (tertiary/aromatic N) is 2. The molecule has 0 spiro atoms. The van der Waals surface area contributed by atoms with Crippen molar-refractivity contribution in [1.82, 2.24) is 15.1 Å². The maximum absolute atomic E-state index is 5.12. The van der Waals surface area contributed by atoms with E-state index in [1.54, 1.807) is 7.11 Å². The van der Waals surface area contributed by atoms with E-state index in [-0.39, 0.29) is 12.4 Å². The minimum Gasteiger partial charge on any atom is -0.383 e. The van der Waals surface area contributed by atoms with E-state index in [1.165, 1.54) is 52.1 Å². The Labute approximate surface area is 111 Å². The average molecular weight is 264 g/mol. The van der Waals surface area contributed by atoms with Gasteiger partial charge >= 0.3 is 0 Å². The quantitative estimate of drug-likeness (QED) is 0.796. The molecule has 0 saturated carbocycles. The minimum atomic E-state index is 0. The summed E-state index contributed by atoms with van der Waals surface area (Å²) in [5.41, 5.74) is 0. The highest BCUT2D eigenvalue weighted by Gasteiger charge is 2.24. The molecular formula is C12H26ClN3O. The molecule has 0 unspecified atom stereocenters. The summed E-state index contributed by atoms with van der Waals surface area (Å²) in [4.78, 5) is 5.20. The molecule has 0 atom stereocenters. The summed E-state index contributed by atoms with van der Waals surface area (Å²) in [5.74, 6) is 0. The standard InChI is InChI=1S/C12H25N3O.ClH/c1-16-11-10-14-6-8-15(9-7-14)12-2-4-13-5-3-12;/h12-13H,2-11H2,1H3;1H. The molecule has 2 saturated heterocycles. The van der Waals surface area contributed by atoms with E-state index in [0.717, 1.165) is 19.2 Å². The van der Waals surface area contributed by atoms with E-state index >= 15 is 0 Å². The molecule has 0 aromatic carbocycles. The van der Waals surface area contributed by atoms with E-state index in [0.29, 0.717) is 0 Å². The normalized spacial score (nSPS) is 24.5. The number of nitrogens with one attached hydrogen (secondary N) is 1. The van der Waals surface area contributed by atoms with Crippen molar-refractivity contribution in [2.75, 3.05) is 59.5 Å². The number of halogens is 1. The third-order valence-corrected chi connectivity index (χ3v) is 3.84. The summed E-state index contributed by atoms with van der Waals surface area (Å²) in [6.45, 7) is 9.29. The molecule has 0 aromatic heterocycles. The summed E-state index contributed by atoms with van der Waals surface area (Å²) in [7, 11) is 1.78. The van der Waals surface area contributed by atoms with Gasteiger partial charge in [-0.1, -0.05) is 0 Å². The molecular weight excluding hydrogens is 238 g/mol. The Balaban J connectivity index is 0.00000144. The molecule has 1 N–H and O–H groups in total. The van der Waals surface area contributed by atoms with Gasteiger partial charge in [-0.15, -0.1) is 12.4 Å². The second-order valence-corrected chi connectivity index (χ2v) is 4.85. The van der Waals surface area contributed by atoms with Gasteiger partial charge in [0, 0.05) is 45.9 Å². The van der Waals surface area contributed by atoms with Crippen molar-refractivity contribution in [3.63, 3.8) is 0 Å². The second-order valence-electron chi connectivity index (χ2n) is 4.85. The summed E-state index contributed by atoms with van der Waals surface area (Å²) in [6, 6.07) is 0.839. The molecule has 0 bridgehead atoms. The molecule has 2 heterocycles. The van der Waals surface area contributed by atoms with Gasteiger partial charge in [0.2, 0.25) is 0 Å². The summed E-state index contributed by atoms with van der Waals surface area (Å²) in [5, 5.41) is 3.44. The number of methoxy groups -OCH3 is 1. The number of ether oxygens (including phenoxy) is 1. The van der Waals surface area contributed by atoms with Crippen LogP contribution < -0.4 is 5.32 Å².